The van der Waals surface area contributed by atoms with Gasteiger partial charge in [-0.05, 0) is 55.0 Å². The van der Waals surface area contributed by atoms with Gasteiger partial charge in [0.15, 0.2) is 6.10 Å². The van der Waals surface area contributed by atoms with Gasteiger partial charge in [-0.3, -0.25) is 0 Å². The molecule has 156 valence electrons. The van der Waals surface area contributed by atoms with Gasteiger partial charge in [0, 0.05) is 5.02 Å². The van der Waals surface area contributed by atoms with E-state index in [1.807, 2.05) is 30.3 Å². The average molecular weight is 435 g/mol. The van der Waals surface area contributed by atoms with E-state index in [-0.39, 0.29) is 6.61 Å². The number of carbonyl (C=O) groups excluding carboxylic acids is 1. The zero-order valence-electron chi connectivity index (χ0n) is 16.7. The number of halogens is 1. The first-order chi connectivity index (χ1) is 15.1. The largest absolute Gasteiger partial charge is 0.479 e. The van der Waals surface area contributed by atoms with Crippen molar-refractivity contribution in [3.8, 4) is 17.4 Å². The number of nitrogens with zero attached hydrogens (tertiary/aromatic N) is 2. The van der Waals surface area contributed by atoms with Crippen LogP contribution in [-0.4, -0.2) is 22.0 Å². The fourth-order valence-corrected chi connectivity index (χ4v) is 2.99. The minimum Gasteiger partial charge on any atom is -0.479 e. The summed E-state index contributed by atoms with van der Waals surface area (Å²) in [6.07, 6.45) is 0.794. The molecule has 3 aromatic carbocycles. The molecule has 0 N–H and O–H groups in total. The molecule has 0 saturated carbocycles. The van der Waals surface area contributed by atoms with E-state index in [0.717, 1.165) is 5.56 Å². The molecule has 0 spiro atoms. The summed E-state index contributed by atoms with van der Waals surface area (Å²) < 4.78 is 16.7. The molecule has 4 rings (SSSR count). The maximum atomic E-state index is 12.2. The molecule has 1 atom stereocenters. The predicted octanol–water partition coefficient (Wildman–Crippen LogP) is 5.59. The van der Waals surface area contributed by atoms with Crippen molar-refractivity contribution >= 4 is 28.6 Å². The van der Waals surface area contributed by atoms with Crippen LogP contribution in [0.25, 0.3) is 11.0 Å². The number of hydrogen-bond donors (Lipinski definition) is 0. The van der Waals surface area contributed by atoms with Crippen LogP contribution in [0.2, 0.25) is 5.02 Å². The Morgan fingerprint density at radius 3 is 2.48 bits per heavy atom. The zero-order chi connectivity index (χ0) is 21.6. The fraction of sp³-hybridized carbons (Fsp3) is 0.125. The van der Waals surface area contributed by atoms with Crippen LogP contribution in [-0.2, 0) is 16.1 Å². The molecular weight excluding hydrogens is 416 g/mol. The number of hydrogen-bond acceptors (Lipinski definition) is 6. The van der Waals surface area contributed by atoms with E-state index < -0.39 is 12.1 Å². The van der Waals surface area contributed by atoms with Crippen LogP contribution in [0, 0.1) is 0 Å². The molecule has 6 nitrogen and oxygen atoms in total. The third-order valence-electron chi connectivity index (χ3n) is 4.40. The van der Waals surface area contributed by atoms with Crippen LogP contribution in [0.5, 0.6) is 17.4 Å². The van der Waals surface area contributed by atoms with Crippen LogP contribution in [0.15, 0.2) is 79.0 Å². The van der Waals surface area contributed by atoms with Crippen LogP contribution in [0.1, 0.15) is 12.5 Å². The second-order valence-electron chi connectivity index (χ2n) is 6.77. The molecular formula is C24H19ClN2O4. The first-order valence-corrected chi connectivity index (χ1v) is 10.0. The number of ether oxygens (including phenoxy) is 3. The van der Waals surface area contributed by atoms with Gasteiger partial charge in [0.2, 0.25) is 5.88 Å². The molecule has 1 unspecified atom stereocenters. The summed E-state index contributed by atoms with van der Waals surface area (Å²) in [6.45, 7) is 1.85. The molecule has 0 amide bonds. The quantitative estimate of drug-likeness (QED) is 0.353. The van der Waals surface area contributed by atoms with Crippen molar-refractivity contribution in [3.05, 3.63) is 89.6 Å². The Labute approximate surface area is 184 Å². The smallest absolute Gasteiger partial charge is 0.347 e. The molecule has 7 heteroatoms. The summed E-state index contributed by atoms with van der Waals surface area (Å²) in [4.78, 5) is 20.9. The zero-order valence-corrected chi connectivity index (χ0v) is 17.5. The molecule has 31 heavy (non-hydrogen) atoms. The Morgan fingerprint density at radius 1 is 0.968 bits per heavy atom. The normalized spacial score (nSPS) is 11.7. The summed E-state index contributed by atoms with van der Waals surface area (Å²) in [6, 6.07) is 21.6. The lowest BCUT2D eigenvalue weighted by molar-refractivity contribution is -0.152. The van der Waals surface area contributed by atoms with E-state index >= 15 is 0 Å². The molecule has 0 radical (unpaired) electrons. The molecule has 0 aliphatic rings. The van der Waals surface area contributed by atoms with E-state index in [4.69, 9.17) is 25.8 Å². The van der Waals surface area contributed by atoms with E-state index in [1.54, 1.807) is 49.4 Å². The van der Waals surface area contributed by atoms with Crippen LogP contribution >= 0.6 is 11.6 Å². The highest BCUT2D eigenvalue weighted by molar-refractivity contribution is 6.31. The van der Waals surface area contributed by atoms with Gasteiger partial charge >= 0.3 is 5.97 Å². The number of rotatable bonds is 7. The van der Waals surface area contributed by atoms with Crippen LogP contribution in [0.3, 0.4) is 0 Å². The van der Waals surface area contributed by atoms with E-state index in [9.17, 15) is 4.79 Å². The number of esters is 1. The maximum absolute atomic E-state index is 12.2. The lowest BCUT2D eigenvalue weighted by Gasteiger charge is -2.14. The van der Waals surface area contributed by atoms with Gasteiger partial charge in [-0.1, -0.05) is 41.9 Å². The molecule has 0 saturated heterocycles. The van der Waals surface area contributed by atoms with Crippen molar-refractivity contribution in [2.24, 2.45) is 0 Å². The molecule has 0 bridgehead atoms. The molecule has 1 heterocycles. The lowest BCUT2D eigenvalue weighted by Crippen LogP contribution is -2.26. The van der Waals surface area contributed by atoms with Crippen LogP contribution < -0.4 is 9.47 Å². The first kappa shape index (κ1) is 20.6. The highest BCUT2D eigenvalue weighted by atomic mass is 35.5. The topological polar surface area (TPSA) is 70.5 Å². The predicted molar refractivity (Wildman–Crippen MR) is 117 cm³/mol. The molecule has 0 aliphatic carbocycles. The van der Waals surface area contributed by atoms with Crippen molar-refractivity contribution in [1.29, 1.82) is 0 Å². The highest BCUT2D eigenvalue weighted by Gasteiger charge is 2.16. The Morgan fingerprint density at radius 2 is 1.71 bits per heavy atom. The third kappa shape index (κ3) is 5.49. The SMILES string of the molecule is CC(Oc1ccc(Oc2cnc3cc(Cl)ccc3n2)cc1)C(=O)OCc1ccccc1. The first-order valence-electron chi connectivity index (χ1n) is 9.64. The summed E-state index contributed by atoms with van der Waals surface area (Å²) in [7, 11) is 0. The Bertz CT molecular complexity index is 1180. The van der Waals surface area contributed by atoms with Crippen molar-refractivity contribution in [2.45, 2.75) is 19.6 Å². The summed E-state index contributed by atoms with van der Waals surface area (Å²) in [5.41, 5.74) is 2.30. The molecule has 0 aliphatic heterocycles. The lowest BCUT2D eigenvalue weighted by atomic mass is 10.2. The third-order valence-corrected chi connectivity index (χ3v) is 4.63. The van der Waals surface area contributed by atoms with Crippen molar-refractivity contribution in [2.75, 3.05) is 0 Å². The number of carbonyl (C=O) groups is 1. The number of benzene rings is 3. The highest BCUT2D eigenvalue weighted by Crippen LogP contribution is 2.25. The number of aromatic nitrogens is 2. The van der Waals surface area contributed by atoms with E-state index in [0.29, 0.717) is 33.4 Å². The molecule has 4 aromatic rings. The van der Waals surface area contributed by atoms with Gasteiger partial charge < -0.3 is 14.2 Å². The molecule has 1 aromatic heterocycles. The van der Waals surface area contributed by atoms with Crippen molar-refractivity contribution < 1.29 is 19.0 Å². The second-order valence-corrected chi connectivity index (χ2v) is 7.20. The number of fused-ring (bicyclic) bond motifs is 1. The van der Waals surface area contributed by atoms with Gasteiger partial charge in [-0.25, -0.2) is 14.8 Å². The maximum Gasteiger partial charge on any atom is 0.347 e. The minimum atomic E-state index is -0.742. The summed E-state index contributed by atoms with van der Waals surface area (Å²) in [5, 5.41) is 0.601. The second kappa shape index (κ2) is 9.45. The van der Waals surface area contributed by atoms with Crippen LogP contribution in [0.4, 0.5) is 0 Å². The van der Waals surface area contributed by atoms with Gasteiger partial charge in [0.25, 0.3) is 0 Å². The van der Waals surface area contributed by atoms with Gasteiger partial charge in [-0.15, -0.1) is 0 Å². The van der Waals surface area contributed by atoms with Crippen molar-refractivity contribution in [3.63, 3.8) is 0 Å². The van der Waals surface area contributed by atoms with Gasteiger partial charge in [-0.2, -0.15) is 0 Å². The Kier molecular flexibility index (Phi) is 6.29. The Balaban J connectivity index is 1.33. The van der Waals surface area contributed by atoms with Crippen molar-refractivity contribution in [1.82, 2.24) is 9.97 Å². The Hall–Kier alpha value is -3.64. The van der Waals surface area contributed by atoms with Gasteiger partial charge in [0.05, 0.1) is 17.2 Å². The van der Waals surface area contributed by atoms with Gasteiger partial charge in [0.1, 0.15) is 18.1 Å². The minimum absolute atomic E-state index is 0.207. The monoisotopic (exact) mass is 434 g/mol. The molecule has 0 fully saturated rings. The van der Waals surface area contributed by atoms with E-state index in [2.05, 4.69) is 9.97 Å². The van der Waals surface area contributed by atoms with E-state index in [1.165, 1.54) is 6.20 Å². The fourth-order valence-electron chi connectivity index (χ4n) is 2.82. The average Bonchev–Trinajstić information content (AvgIpc) is 2.79. The summed E-state index contributed by atoms with van der Waals surface area (Å²) >= 11 is 5.96. The standard InChI is InChI=1S/C24H19ClN2O4/c1-16(24(28)29-15-17-5-3-2-4-6-17)30-19-8-10-20(11-9-19)31-23-14-26-22-13-18(25)7-12-21(22)27-23/h2-14,16H,15H2,1H3. The summed E-state index contributed by atoms with van der Waals surface area (Å²) in [5.74, 6) is 1.02.